The van der Waals surface area contributed by atoms with E-state index in [1.807, 2.05) is 19.9 Å². The van der Waals surface area contributed by atoms with Gasteiger partial charge < -0.3 is 10.3 Å². The van der Waals surface area contributed by atoms with Crippen LogP contribution in [0.4, 0.5) is 10.3 Å². The number of aromatic amines is 1. The largest absolute Gasteiger partial charge is 0.349 e. The van der Waals surface area contributed by atoms with Crippen molar-refractivity contribution in [3.8, 4) is 0 Å². The van der Waals surface area contributed by atoms with Crippen molar-refractivity contribution in [3.05, 3.63) is 47.0 Å². The van der Waals surface area contributed by atoms with Crippen molar-refractivity contribution in [1.82, 2.24) is 9.97 Å². The van der Waals surface area contributed by atoms with Gasteiger partial charge in [0.25, 0.3) is 0 Å². The Hall–Kier alpha value is -1.84. The number of aryl methyl sites for hydroxylation is 2. The number of aromatic nitrogens is 2. The van der Waals surface area contributed by atoms with Crippen LogP contribution >= 0.6 is 0 Å². The number of anilines is 1. The zero-order valence-electron chi connectivity index (χ0n) is 10.2. The molecule has 0 spiro atoms. The van der Waals surface area contributed by atoms with Gasteiger partial charge in [-0.2, -0.15) is 0 Å². The maximum atomic E-state index is 13.4. The smallest absolute Gasteiger partial charge is 0.200 e. The molecule has 2 N–H and O–H groups in total. The molecular weight excluding hydrogens is 217 g/mol. The van der Waals surface area contributed by atoms with E-state index in [1.165, 1.54) is 0 Å². The Labute approximate surface area is 100 Å². The number of hydrogen-bond donors (Lipinski definition) is 2. The second-order valence-corrected chi connectivity index (χ2v) is 4.29. The van der Waals surface area contributed by atoms with Gasteiger partial charge in [0.1, 0.15) is 5.82 Å². The first-order chi connectivity index (χ1) is 8.06. The van der Waals surface area contributed by atoms with Crippen LogP contribution in [-0.2, 0) is 0 Å². The van der Waals surface area contributed by atoms with Crippen molar-refractivity contribution in [1.29, 1.82) is 0 Å². The van der Waals surface area contributed by atoms with Crippen LogP contribution < -0.4 is 5.32 Å². The van der Waals surface area contributed by atoms with Crippen LogP contribution in [0.5, 0.6) is 0 Å². The molecule has 1 heterocycles. The first-order valence-electron chi connectivity index (χ1n) is 5.60. The summed E-state index contributed by atoms with van der Waals surface area (Å²) < 4.78 is 13.4. The molecule has 1 unspecified atom stereocenters. The molecule has 0 aliphatic carbocycles. The molecule has 90 valence electrons. The minimum atomic E-state index is -0.174. The molecule has 0 saturated heterocycles. The van der Waals surface area contributed by atoms with Gasteiger partial charge in [-0.3, -0.25) is 0 Å². The maximum absolute atomic E-state index is 13.4. The minimum absolute atomic E-state index is 0.00986. The van der Waals surface area contributed by atoms with E-state index in [2.05, 4.69) is 15.3 Å². The summed E-state index contributed by atoms with van der Waals surface area (Å²) >= 11 is 0. The molecule has 0 bridgehead atoms. The molecule has 1 aromatic heterocycles. The van der Waals surface area contributed by atoms with Gasteiger partial charge in [0.05, 0.1) is 6.04 Å². The molecule has 1 atom stereocenters. The summed E-state index contributed by atoms with van der Waals surface area (Å²) in [7, 11) is 0. The highest BCUT2D eigenvalue weighted by Crippen LogP contribution is 2.19. The summed E-state index contributed by atoms with van der Waals surface area (Å²) in [6.07, 6.45) is 1.75. The van der Waals surface area contributed by atoms with E-state index in [4.69, 9.17) is 0 Å². The minimum Gasteiger partial charge on any atom is -0.349 e. The number of rotatable bonds is 3. The van der Waals surface area contributed by atoms with E-state index in [0.29, 0.717) is 11.5 Å². The van der Waals surface area contributed by atoms with Gasteiger partial charge in [-0.1, -0.05) is 12.1 Å². The van der Waals surface area contributed by atoms with Gasteiger partial charge in [-0.05, 0) is 38.0 Å². The third-order valence-corrected chi connectivity index (χ3v) is 2.75. The lowest BCUT2D eigenvalue weighted by Gasteiger charge is -2.14. The summed E-state index contributed by atoms with van der Waals surface area (Å²) in [6.45, 7) is 5.67. The molecule has 0 saturated carbocycles. The Balaban J connectivity index is 2.14. The first-order valence-corrected chi connectivity index (χ1v) is 5.60. The molecule has 17 heavy (non-hydrogen) atoms. The van der Waals surface area contributed by atoms with E-state index in [0.717, 1.165) is 11.3 Å². The highest BCUT2D eigenvalue weighted by molar-refractivity contribution is 5.34. The number of nitrogens with zero attached hydrogens (tertiary/aromatic N) is 1. The number of nitrogens with one attached hydrogen (secondary N) is 2. The lowest BCUT2D eigenvalue weighted by molar-refractivity contribution is 0.614. The van der Waals surface area contributed by atoms with Gasteiger partial charge >= 0.3 is 0 Å². The van der Waals surface area contributed by atoms with Crippen LogP contribution in [0.2, 0.25) is 0 Å². The maximum Gasteiger partial charge on any atom is 0.200 e. The highest BCUT2D eigenvalue weighted by Gasteiger charge is 2.08. The highest BCUT2D eigenvalue weighted by atomic mass is 19.1. The Bertz CT molecular complexity index is 519. The Morgan fingerprint density at radius 3 is 2.71 bits per heavy atom. The predicted octanol–water partition coefficient (Wildman–Crippen LogP) is 3.34. The van der Waals surface area contributed by atoms with Crippen molar-refractivity contribution in [2.75, 3.05) is 5.32 Å². The van der Waals surface area contributed by atoms with E-state index < -0.39 is 0 Å². The van der Waals surface area contributed by atoms with Gasteiger partial charge in [0.15, 0.2) is 0 Å². The quantitative estimate of drug-likeness (QED) is 0.853. The van der Waals surface area contributed by atoms with E-state index in [1.54, 1.807) is 25.3 Å². The molecule has 3 nitrogen and oxygen atoms in total. The van der Waals surface area contributed by atoms with Crippen LogP contribution in [0.3, 0.4) is 0 Å². The number of benzene rings is 1. The molecule has 0 fully saturated rings. The zero-order chi connectivity index (χ0) is 12.4. The zero-order valence-corrected chi connectivity index (χ0v) is 10.2. The SMILES string of the molecule is Cc1cnc(NC(C)c2ccc(C)c(F)c2)[nH]1. The van der Waals surface area contributed by atoms with Crippen molar-refractivity contribution in [3.63, 3.8) is 0 Å². The van der Waals surface area contributed by atoms with E-state index in [-0.39, 0.29) is 11.9 Å². The van der Waals surface area contributed by atoms with Gasteiger partial charge in [0.2, 0.25) is 5.95 Å². The second-order valence-electron chi connectivity index (χ2n) is 4.29. The van der Waals surface area contributed by atoms with Crippen LogP contribution in [0.25, 0.3) is 0 Å². The first kappa shape index (κ1) is 11.6. The number of halogens is 1. The Kier molecular flexibility index (Phi) is 3.13. The molecule has 0 aliphatic rings. The van der Waals surface area contributed by atoms with E-state index >= 15 is 0 Å². The Morgan fingerprint density at radius 2 is 2.12 bits per heavy atom. The van der Waals surface area contributed by atoms with Crippen molar-refractivity contribution in [2.24, 2.45) is 0 Å². The van der Waals surface area contributed by atoms with Crippen LogP contribution in [0, 0.1) is 19.7 Å². The second kappa shape index (κ2) is 4.57. The lowest BCUT2D eigenvalue weighted by atomic mass is 10.1. The fourth-order valence-corrected chi connectivity index (χ4v) is 1.65. The number of imidazole rings is 1. The van der Waals surface area contributed by atoms with E-state index in [9.17, 15) is 4.39 Å². The average molecular weight is 233 g/mol. The van der Waals surface area contributed by atoms with Crippen LogP contribution in [-0.4, -0.2) is 9.97 Å². The van der Waals surface area contributed by atoms with Crippen molar-refractivity contribution in [2.45, 2.75) is 26.8 Å². The fourth-order valence-electron chi connectivity index (χ4n) is 1.65. The normalized spacial score (nSPS) is 12.5. The van der Waals surface area contributed by atoms with Crippen molar-refractivity contribution >= 4 is 5.95 Å². The van der Waals surface area contributed by atoms with Gasteiger partial charge in [0, 0.05) is 11.9 Å². The number of hydrogen-bond acceptors (Lipinski definition) is 2. The third-order valence-electron chi connectivity index (χ3n) is 2.75. The summed E-state index contributed by atoms with van der Waals surface area (Å²) in [5, 5.41) is 3.19. The summed E-state index contributed by atoms with van der Waals surface area (Å²) in [5.74, 6) is 0.530. The molecule has 1 aromatic carbocycles. The topological polar surface area (TPSA) is 40.7 Å². The van der Waals surface area contributed by atoms with Gasteiger partial charge in [-0.15, -0.1) is 0 Å². The molecule has 0 amide bonds. The summed E-state index contributed by atoms with van der Waals surface area (Å²) in [5.41, 5.74) is 2.56. The van der Waals surface area contributed by atoms with Crippen molar-refractivity contribution < 1.29 is 4.39 Å². The molecule has 0 radical (unpaired) electrons. The lowest BCUT2D eigenvalue weighted by Crippen LogP contribution is -2.08. The van der Waals surface area contributed by atoms with Crippen LogP contribution in [0.15, 0.2) is 24.4 Å². The molecular formula is C13H16FN3. The summed E-state index contributed by atoms with van der Waals surface area (Å²) in [4.78, 5) is 7.25. The predicted molar refractivity (Wildman–Crippen MR) is 66.5 cm³/mol. The molecule has 2 aromatic rings. The molecule has 2 rings (SSSR count). The van der Waals surface area contributed by atoms with Crippen LogP contribution in [0.1, 0.15) is 29.8 Å². The Morgan fingerprint density at radius 1 is 1.35 bits per heavy atom. The number of H-pyrrole nitrogens is 1. The third kappa shape index (κ3) is 2.64. The molecule has 0 aliphatic heterocycles. The van der Waals surface area contributed by atoms with Gasteiger partial charge in [-0.25, -0.2) is 9.37 Å². The standard InChI is InChI=1S/C13H16FN3/c1-8-4-5-11(6-12(8)14)10(3)17-13-15-7-9(2)16-13/h4-7,10H,1-3H3,(H2,15,16,17). The summed E-state index contributed by atoms with van der Waals surface area (Å²) in [6, 6.07) is 5.28. The average Bonchev–Trinajstić information content (AvgIpc) is 2.68. The monoisotopic (exact) mass is 233 g/mol. The molecule has 4 heteroatoms. The fraction of sp³-hybridized carbons (Fsp3) is 0.308.